The summed E-state index contributed by atoms with van der Waals surface area (Å²) in [4.78, 5) is 0. The molecule has 1 fully saturated rings. The van der Waals surface area contributed by atoms with Crippen molar-refractivity contribution < 1.29 is 0 Å². The van der Waals surface area contributed by atoms with Crippen LogP contribution in [-0.4, -0.2) is 0 Å². The number of hydrogen-bond acceptors (Lipinski definition) is 1. The molecular formula is C19H22ClN. The number of nitrogens with two attached hydrogens (primary N) is 1. The van der Waals surface area contributed by atoms with E-state index in [-0.39, 0.29) is 11.5 Å². The molecule has 1 unspecified atom stereocenters. The second-order valence-electron chi connectivity index (χ2n) is 6.12. The molecule has 3 rings (SSSR count). The van der Waals surface area contributed by atoms with Gasteiger partial charge in [0.15, 0.2) is 0 Å². The highest BCUT2D eigenvalue weighted by Gasteiger charge is 2.40. The van der Waals surface area contributed by atoms with Gasteiger partial charge in [-0.15, -0.1) is 0 Å². The number of benzene rings is 2. The third kappa shape index (κ3) is 2.86. The van der Waals surface area contributed by atoms with E-state index in [1.54, 1.807) is 0 Å². The summed E-state index contributed by atoms with van der Waals surface area (Å²) >= 11 is 6.16. The Hall–Kier alpha value is -1.31. The van der Waals surface area contributed by atoms with Crippen LogP contribution in [0.25, 0.3) is 0 Å². The highest BCUT2D eigenvalue weighted by molar-refractivity contribution is 6.30. The zero-order valence-corrected chi connectivity index (χ0v) is 13.0. The molecule has 21 heavy (non-hydrogen) atoms. The van der Waals surface area contributed by atoms with Gasteiger partial charge in [-0.2, -0.15) is 0 Å². The van der Waals surface area contributed by atoms with Crippen LogP contribution in [0.4, 0.5) is 0 Å². The fourth-order valence-corrected chi connectivity index (χ4v) is 3.95. The lowest BCUT2D eigenvalue weighted by atomic mass is 9.63. The van der Waals surface area contributed by atoms with Crippen molar-refractivity contribution in [1.29, 1.82) is 0 Å². The first kappa shape index (κ1) is 14.6. The lowest BCUT2D eigenvalue weighted by molar-refractivity contribution is 0.244. The first-order valence-corrected chi connectivity index (χ1v) is 8.17. The Morgan fingerprint density at radius 2 is 1.62 bits per heavy atom. The molecule has 2 aromatic carbocycles. The van der Waals surface area contributed by atoms with Crippen molar-refractivity contribution in [3.05, 3.63) is 70.7 Å². The van der Waals surface area contributed by atoms with Gasteiger partial charge in [0.25, 0.3) is 0 Å². The molecule has 1 atom stereocenters. The lowest BCUT2D eigenvalue weighted by Crippen LogP contribution is -2.40. The summed E-state index contributed by atoms with van der Waals surface area (Å²) in [5.41, 5.74) is 9.31. The standard InChI is InChI=1S/C19H22ClN/c20-17-11-7-8-15(14-17)18(21)19(12-5-2-6-13-19)16-9-3-1-4-10-16/h1,3-4,7-11,14,18H,2,5-6,12-13,21H2. The van der Waals surface area contributed by atoms with E-state index >= 15 is 0 Å². The van der Waals surface area contributed by atoms with Crippen molar-refractivity contribution in [2.75, 3.05) is 0 Å². The molecule has 110 valence electrons. The second kappa shape index (κ2) is 6.21. The number of rotatable bonds is 3. The summed E-state index contributed by atoms with van der Waals surface area (Å²) in [5.74, 6) is 0. The van der Waals surface area contributed by atoms with Gasteiger partial charge < -0.3 is 5.73 Å². The Balaban J connectivity index is 2.03. The topological polar surface area (TPSA) is 26.0 Å². The van der Waals surface area contributed by atoms with E-state index in [4.69, 9.17) is 17.3 Å². The van der Waals surface area contributed by atoms with Crippen LogP contribution in [0.3, 0.4) is 0 Å². The van der Waals surface area contributed by atoms with Gasteiger partial charge in [0, 0.05) is 16.5 Å². The van der Waals surface area contributed by atoms with E-state index in [0.29, 0.717) is 0 Å². The van der Waals surface area contributed by atoms with Crippen molar-refractivity contribution >= 4 is 11.6 Å². The maximum Gasteiger partial charge on any atom is 0.0409 e. The second-order valence-corrected chi connectivity index (χ2v) is 6.55. The van der Waals surface area contributed by atoms with Crippen LogP contribution in [0.1, 0.15) is 49.3 Å². The monoisotopic (exact) mass is 299 g/mol. The third-order valence-electron chi connectivity index (χ3n) is 4.90. The first-order valence-electron chi connectivity index (χ1n) is 7.79. The smallest absolute Gasteiger partial charge is 0.0409 e. The molecule has 0 spiro atoms. The van der Waals surface area contributed by atoms with Gasteiger partial charge in [0.1, 0.15) is 0 Å². The summed E-state index contributed by atoms with van der Waals surface area (Å²) in [6, 6.07) is 18.8. The van der Waals surface area contributed by atoms with Gasteiger partial charge in [-0.3, -0.25) is 0 Å². The van der Waals surface area contributed by atoms with Crippen LogP contribution in [0.2, 0.25) is 5.02 Å². The molecule has 0 saturated heterocycles. The van der Waals surface area contributed by atoms with Gasteiger partial charge in [-0.1, -0.05) is 73.3 Å². The number of hydrogen-bond donors (Lipinski definition) is 1. The fraction of sp³-hybridized carbons (Fsp3) is 0.368. The maximum absolute atomic E-state index is 6.75. The summed E-state index contributed by atoms with van der Waals surface area (Å²) in [7, 11) is 0. The summed E-state index contributed by atoms with van der Waals surface area (Å²) in [6.45, 7) is 0. The van der Waals surface area contributed by atoms with E-state index < -0.39 is 0 Å². The predicted octanol–water partition coefficient (Wildman–Crippen LogP) is 5.24. The Morgan fingerprint density at radius 3 is 2.29 bits per heavy atom. The van der Waals surface area contributed by atoms with Gasteiger partial charge in [-0.05, 0) is 36.1 Å². The van der Waals surface area contributed by atoms with Crippen LogP contribution in [0.15, 0.2) is 54.6 Å². The third-order valence-corrected chi connectivity index (χ3v) is 5.13. The van der Waals surface area contributed by atoms with Crippen molar-refractivity contribution in [2.45, 2.75) is 43.6 Å². The predicted molar refractivity (Wildman–Crippen MR) is 89.6 cm³/mol. The van der Waals surface area contributed by atoms with E-state index in [2.05, 4.69) is 36.4 Å². The highest BCUT2D eigenvalue weighted by atomic mass is 35.5. The van der Waals surface area contributed by atoms with Crippen LogP contribution in [0.5, 0.6) is 0 Å². The molecule has 2 aromatic rings. The number of halogens is 1. The quantitative estimate of drug-likeness (QED) is 0.824. The zero-order chi connectivity index (χ0) is 14.7. The molecule has 1 nitrogen and oxygen atoms in total. The lowest BCUT2D eigenvalue weighted by Gasteiger charge is -2.43. The molecule has 1 aliphatic rings. The molecule has 0 amide bonds. The SMILES string of the molecule is NC(c1cccc(Cl)c1)C1(c2ccccc2)CCCCC1. The highest BCUT2D eigenvalue weighted by Crippen LogP contribution is 2.47. The molecule has 0 radical (unpaired) electrons. The van der Waals surface area contributed by atoms with E-state index in [1.807, 2.05) is 18.2 Å². The average Bonchev–Trinajstić information content (AvgIpc) is 2.55. The molecule has 0 bridgehead atoms. The van der Waals surface area contributed by atoms with E-state index in [9.17, 15) is 0 Å². The summed E-state index contributed by atoms with van der Waals surface area (Å²) in [5, 5.41) is 0.766. The normalized spacial score (nSPS) is 19.1. The van der Waals surface area contributed by atoms with Gasteiger partial charge in [0.2, 0.25) is 0 Å². The molecule has 1 aliphatic carbocycles. The zero-order valence-electron chi connectivity index (χ0n) is 12.3. The van der Waals surface area contributed by atoms with E-state index in [0.717, 1.165) is 23.4 Å². The van der Waals surface area contributed by atoms with Crippen LogP contribution in [-0.2, 0) is 5.41 Å². The van der Waals surface area contributed by atoms with Crippen LogP contribution in [0, 0.1) is 0 Å². The van der Waals surface area contributed by atoms with Crippen molar-refractivity contribution in [2.24, 2.45) is 5.73 Å². The minimum absolute atomic E-state index is 0.00102. The van der Waals surface area contributed by atoms with Gasteiger partial charge >= 0.3 is 0 Å². The van der Waals surface area contributed by atoms with Crippen molar-refractivity contribution in [3.63, 3.8) is 0 Å². The molecule has 2 N–H and O–H groups in total. The summed E-state index contributed by atoms with van der Waals surface area (Å²) < 4.78 is 0. The fourth-order valence-electron chi connectivity index (χ4n) is 3.75. The Bertz CT molecular complexity index is 588. The van der Waals surface area contributed by atoms with Crippen LogP contribution < -0.4 is 5.73 Å². The maximum atomic E-state index is 6.75. The molecule has 2 heteroatoms. The molecule has 0 aromatic heterocycles. The Kier molecular flexibility index (Phi) is 4.32. The Morgan fingerprint density at radius 1 is 0.905 bits per heavy atom. The van der Waals surface area contributed by atoms with Gasteiger partial charge in [0.05, 0.1) is 0 Å². The minimum Gasteiger partial charge on any atom is -0.323 e. The Labute approximate surface area is 132 Å². The summed E-state index contributed by atoms with van der Waals surface area (Å²) in [6.07, 6.45) is 6.14. The van der Waals surface area contributed by atoms with E-state index in [1.165, 1.54) is 24.8 Å². The van der Waals surface area contributed by atoms with Crippen LogP contribution >= 0.6 is 11.6 Å². The average molecular weight is 300 g/mol. The molecule has 0 heterocycles. The van der Waals surface area contributed by atoms with Crippen molar-refractivity contribution in [3.8, 4) is 0 Å². The molecule has 1 saturated carbocycles. The largest absolute Gasteiger partial charge is 0.323 e. The molecular weight excluding hydrogens is 278 g/mol. The first-order chi connectivity index (χ1) is 10.2. The molecule has 0 aliphatic heterocycles. The van der Waals surface area contributed by atoms with Gasteiger partial charge in [-0.25, -0.2) is 0 Å². The minimum atomic E-state index is -0.00102. The van der Waals surface area contributed by atoms with Crippen molar-refractivity contribution in [1.82, 2.24) is 0 Å².